The Hall–Kier alpha value is -1.35. The zero-order valence-electron chi connectivity index (χ0n) is 12.6. The lowest BCUT2D eigenvalue weighted by atomic mass is 9.80. The van der Waals surface area contributed by atoms with Gasteiger partial charge in [-0.15, -0.1) is 0 Å². The zero-order valence-corrected chi connectivity index (χ0v) is 12.6. The number of aliphatic hydroxyl groups excluding tert-OH is 1. The third-order valence-corrected chi connectivity index (χ3v) is 5.09. The summed E-state index contributed by atoms with van der Waals surface area (Å²) >= 11 is 0. The van der Waals surface area contributed by atoms with Crippen LogP contribution in [0.2, 0.25) is 0 Å². The zero-order chi connectivity index (χ0) is 14.7. The molecule has 1 amide bonds. The fraction of sp³-hybridized carbons (Fsp3) is 0.611. The average Bonchev–Trinajstić information content (AvgIpc) is 2.98. The standard InChI is InChI=1S/C18H25NO2/c20-17-11-5-4-9-15(17)16-10-6-12-19(16)18(21)13-14-7-2-1-3-8-14/h1-3,7-8,15-17,20H,4-6,9-13H2. The molecular formula is C18H25NO2. The molecule has 1 heterocycles. The second-order valence-corrected chi connectivity index (χ2v) is 6.47. The maximum atomic E-state index is 12.6. The Balaban J connectivity index is 1.67. The Kier molecular flexibility index (Phi) is 4.59. The smallest absolute Gasteiger partial charge is 0.227 e. The van der Waals surface area contributed by atoms with Gasteiger partial charge < -0.3 is 10.0 Å². The maximum absolute atomic E-state index is 12.6. The van der Waals surface area contributed by atoms with Crippen LogP contribution in [0.4, 0.5) is 0 Å². The average molecular weight is 287 g/mol. The summed E-state index contributed by atoms with van der Waals surface area (Å²) < 4.78 is 0. The van der Waals surface area contributed by atoms with E-state index < -0.39 is 0 Å². The predicted octanol–water partition coefficient (Wildman–Crippen LogP) is 2.77. The minimum absolute atomic E-state index is 0.214. The van der Waals surface area contributed by atoms with Gasteiger partial charge in [0.2, 0.25) is 5.91 Å². The number of rotatable bonds is 3. The molecule has 114 valence electrons. The van der Waals surface area contributed by atoms with Gasteiger partial charge in [0.1, 0.15) is 0 Å². The molecule has 3 heteroatoms. The normalized spacial score (nSPS) is 29.6. The van der Waals surface area contributed by atoms with Crippen LogP contribution in [-0.2, 0) is 11.2 Å². The lowest BCUT2D eigenvalue weighted by Crippen LogP contribution is -2.45. The lowest BCUT2D eigenvalue weighted by Gasteiger charge is -2.37. The van der Waals surface area contributed by atoms with Crippen molar-refractivity contribution in [3.63, 3.8) is 0 Å². The van der Waals surface area contributed by atoms with E-state index in [9.17, 15) is 9.90 Å². The Morgan fingerprint density at radius 3 is 2.62 bits per heavy atom. The van der Waals surface area contributed by atoms with Gasteiger partial charge in [0.15, 0.2) is 0 Å². The van der Waals surface area contributed by atoms with Crippen LogP contribution in [0.1, 0.15) is 44.1 Å². The van der Waals surface area contributed by atoms with Crippen LogP contribution < -0.4 is 0 Å². The van der Waals surface area contributed by atoms with Gasteiger partial charge in [-0.2, -0.15) is 0 Å². The summed E-state index contributed by atoms with van der Waals surface area (Å²) in [5.74, 6) is 0.516. The molecule has 1 N–H and O–H groups in total. The molecule has 3 atom stereocenters. The Morgan fingerprint density at radius 1 is 1.10 bits per heavy atom. The fourth-order valence-electron chi connectivity index (χ4n) is 4.01. The highest BCUT2D eigenvalue weighted by atomic mass is 16.3. The molecule has 3 unspecified atom stereocenters. The van der Waals surface area contributed by atoms with Gasteiger partial charge in [0.05, 0.1) is 12.5 Å². The van der Waals surface area contributed by atoms with Crippen LogP contribution in [0.25, 0.3) is 0 Å². The molecule has 1 aromatic carbocycles. The molecule has 0 aromatic heterocycles. The van der Waals surface area contributed by atoms with Crippen molar-refractivity contribution in [3.8, 4) is 0 Å². The van der Waals surface area contributed by atoms with Crippen molar-refractivity contribution in [1.29, 1.82) is 0 Å². The largest absolute Gasteiger partial charge is 0.393 e. The quantitative estimate of drug-likeness (QED) is 0.928. The highest BCUT2D eigenvalue weighted by Crippen LogP contribution is 2.34. The number of nitrogens with zero attached hydrogens (tertiary/aromatic N) is 1. The molecule has 1 saturated heterocycles. The van der Waals surface area contributed by atoms with Crippen molar-refractivity contribution >= 4 is 5.91 Å². The molecule has 21 heavy (non-hydrogen) atoms. The van der Waals surface area contributed by atoms with E-state index in [0.717, 1.165) is 44.2 Å². The Bertz CT molecular complexity index is 473. The van der Waals surface area contributed by atoms with Crippen molar-refractivity contribution < 1.29 is 9.90 Å². The molecule has 1 aliphatic heterocycles. The second-order valence-electron chi connectivity index (χ2n) is 6.47. The molecule has 0 spiro atoms. The van der Waals surface area contributed by atoms with Gasteiger partial charge in [-0.3, -0.25) is 4.79 Å². The van der Waals surface area contributed by atoms with Crippen molar-refractivity contribution in [1.82, 2.24) is 4.90 Å². The van der Waals surface area contributed by atoms with E-state index in [2.05, 4.69) is 0 Å². The van der Waals surface area contributed by atoms with Crippen LogP contribution >= 0.6 is 0 Å². The number of carbonyl (C=O) groups is 1. The van der Waals surface area contributed by atoms with Gasteiger partial charge in [0, 0.05) is 18.5 Å². The molecule has 1 aromatic rings. The number of benzene rings is 1. The van der Waals surface area contributed by atoms with E-state index >= 15 is 0 Å². The summed E-state index contributed by atoms with van der Waals surface area (Å²) in [5.41, 5.74) is 1.08. The monoisotopic (exact) mass is 287 g/mol. The summed E-state index contributed by atoms with van der Waals surface area (Å²) in [4.78, 5) is 14.7. The van der Waals surface area contributed by atoms with Crippen molar-refractivity contribution in [2.75, 3.05) is 6.54 Å². The third kappa shape index (κ3) is 3.29. The molecular weight excluding hydrogens is 262 g/mol. The minimum Gasteiger partial charge on any atom is -0.393 e. The first-order valence-corrected chi connectivity index (χ1v) is 8.27. The summed E-state index contributed by atoms with van der Waals surface area (Å²) in [5, 5.41) is 10.3. The molecule has 3 rings (SSSR count). The molecule has 0 radical (unpaired) electrons. The molecule has 3 nitrogen and oxygen atoms in total. The van der Waals surface area contributed by atoms with Gasteiger partial charge in [-0.1, -0.05) is 43.2 Å². The summed E-state index contributed by atoms with van der Waals surface area (Å²) in [6.45, 7) is 0.861. The molecule has 2 fully saturated rings. The SMILES string of the molecule is O=C(Cc1ccccc1)N1CCCC1C1CCCCC1O. The number of hydrogen-bond acceptors (Lipinski definition) is 2. The highest BCUT2D eigenvalue weighted by Gasteiger charge is 2.38. The van der Waals surface area contributed by atoms with E-state index in [4.69, 9.17) is 0 Å². The first kappa shape index (κ1) is 14.6. The molecule has 2 aliphatic rings. The summed E-state index contributed by atoms with van der Waals surface area (Å²) in [6.07, 6.45) is 6.70. The fourth-order valence-corrected chi connectivity index (χ4v) is 4.01. The Labute approximate surface area is 127 Å². The maximum Gasteiger partial charge on any atom is 0.227 e. The van der Waals surface area contributed by atoms with Crippen LogP contribution in [0, 0.1) is 5.92 Å². The number of hydrogen-bond donors (Lipinski definition) is 1. The lowest BCUT2D eigenvalue weighted by molar-refractivity contribution is -0.133. The van der Waals surface area contributed by atoms with Crippen LogP contribution in [0.5, 0.6) is 0 Å². The number of aliphatic hydroxyl groups is 1. The number of likely N-dealkylation sites (tertiary alicyclic amines) is 1. The van der Waals surface area contributed by atoms with Gasteiger partial charge in [-0.25, -0.2) is 0 Å². The van der Waals surface area contributed by atoms with E-state index in [-0.39, 0.29) is 18.1 Å². The van der Waals surface area contributed by atoms with Crippen LogP contribution in [0.3, 0.4) is 0 Å². The summed E-state index contributed by atoms with van der Waals surface area (Å²) in [6, 6.07) is 10.2. The topological polar surface area (TPSA) is 40.5 Å². The second kappa shape index (κ2) is 6.61. The van der Waals surface area contributed by atoms with E-state index in [1.54, 1.807) is 0 Å². The first-order valence-electron chi connectivity index (χ1n) is 8.27. The number of amides is 1. The van der Waals surface area contributed by atoms with Crippen LogP contribution in [-0.4, -0.2) is 34.6 Å². The van der Waals surface area contributed by atoms with Crippen LogP contribution in [0.15, 0.2) is 30.3 Å². The van der Waals surface area contributed by atoms with Gasteiger partial charge >= 0.3 is 0 Å². The van der Waals surface area contributed by atoms with Crippen molar-refractivity contribution in [2.45, 2.75) is 57.1 Å². The van der Waals surface area contributed by atoms with E-state index in [0.29, 0.717) is 12.3 Å². The van der Waals surface area contributed by atoms with E-state index in [1.807, 2.05) is 35.2 Å². The van der Waals surface area contributed by atoms with Gasteiger partial charge in [-0.05, 0) is 31.2 Å². The van der Waals surface area contributed by atoms with E-state index in [1.165, 1.54) is 6.42 Å². The molecule has 0 bridgehead atoms. The summed E-state index contributed by atoms with van der Waals surface area (Å²) in [7, 11) is 0. The first-order chi connectivity index (χ1) is 10.3. The number of carbonyl (C=O) groups excluding carboxylic acids is 1. The van der Waals surface area contributed by atoms with Gasteiger partial charge in [0.25, 0.3) is 0 Å². The molecule has 1 saturated carbocycles. The Morgan fingerprint density at radius 2 is 1.86 bits per heavy atom. The predicted molar refractivity (Wildman–Crippen MR) is 82.8 cm³/mol. The molecule has 1 aliphatic carbocycles. The van der Waals surface area contributed by atoms with Crippen molar-refractivity contribution in [3.05, 3.63) is 35.9 Å². The third-order valence-electron chi connectivity index (χ3n) is 5.09. The van der Waals surface area contributed by atoms with Crippen molar-refractivity contribution in [2.24, 2.45) is 5.92 Å². The minimum atomic E-state index is -0.214. The highest BCUT2D eigenvalue weighted by molar-refractivity contribution is 5.79.